The zero-order valence-electron chi connectivity index (χ0n) is 11.3. The van der Waals surface area contributed by atoms with Gasteiger partial charge >= 0.3 is 6.09 Å². The second kappa shape index (κ2) is 5.28. The number of anilines is 2. The summed E-state index contributed by atoms with van der Waals surface area (Å²) >= 11 is 0. The highest BCUT2D eigenvalue weighted by atomic mass is 19.1. The second-order valence-corrected chi connectivity index (χ2v) is 5.04. The van der Waals surface area contributed by atoms with E-state index in [-0.39, 0.29) is 11.9 Å². The molecule has 0 bridgehead atoms. The highest BCUT2D eigenvalue weighted by Crippen LogP contribution is 2.28. The number of benzene rings is 1. The Labute approximate surface area is 116 Å². The maximum Gasteiger partial charge on any atom is 0.414 e. The van der Waals surface area contributed by atoms with Crippen LogP contribution in [-0.2, 0) is 9.47 Å². The van der Waals surface area contributed by atoms with Crippen LogP contribution in [0.2, 0.25) is 0 Å². The quantitative estimate of drug-likeness (QED) is 0.831. The third-order valence-corrected chi connectivity index (χ3v) is 3.56. The van der Waals surface area contributed by atoms with Gasteiger partial charge in [0.1, 0.15) is 11.9 Å². The molecule has 1 amide bonds. The van der Waals surface area contributed by atoms with E-state index in [0.29, 0.717) is 44.2 Å². The first-order valence-electron chi connectivity index (χ1n) is 6.75. The van der Waals surface area contributed by atoms with Crippen molar-refractivity contribution in [2.75, 3.05) is 42.6 Å². The summed E-state index contributed by atoms with van der Waals surface area (Å²) < 4.78 is 24.6. The predicted octanol–water partition coefficient (Wildman–Crippen LogP) is 2.01. The number of carbonyl (C=O) groups excluding carboxylic acids is 1. The van der Waals surface area contributed by atoms with Crippen molar-refractivity contribution in [1.82, 2.24) is 0 Å². The van der Waals surface area contributed by atoms with Gasteiger partial charge in [0.2, 0.25) is 0 Å². The molecular weight excluding hydrogens is 263 g/mol. The fourth-order valence-corrected chi connectivity index (χ4v) is 2.54. The van der Waals surface area contributed by atoms with Crippen molar-refractivity contribution in [2.45, 2.75) is 13.0 Å². The molecule has 0 spiro atoms. The SMILES string of the molecule is C[C@H]1CN(c2ccc(N3CCOCC3)c(F)c2)C(=O)O1. The minimum atomic E-state index is -0.420. The number of carbonyl (C=O) groups is 1. The smallest absolute Gasteiger partial charge is 0.414 e. The van der Waals surface area contributed by atoms with Crippen LogP contribution in [0.5, 0.6) is 0 Å². The molecule has 0 aliphatic carbocycles. The number of cyclic esters (lactones) is 1. The van der Waals surface area contributed by atoms with Crippen LogP contribution in [0.3, 0.4) is 0 Å². The van der Waals surface area contributed by atoms with Gasteiger partial charge in [0.15, 0.2) is 0 Å². The fraction of sp³-hybridized carbons (Fsp3) is 0.500. The lowest BCUT2D eigenvalue weighted by molar-refractivity contribution is 0.122. The molecule has 5 nitrogen and oxygen atoms in total. The van der Waals surface area contributed by atoms with E-state index in [2.05, 4.69) is 0 Å². The molecule has 2 fully saturated rings. The minimum Gasteiger partial charge on any atom is -0.444 e. The van der Waals surface area contributed by atoms with Crippen LogP contribution in [0.15, 0.2) is 18.2 Å². The second-order valence-electron chi connectivity index (χ2n) is 5.04. The van der Waals surface area contributed by atoms with Crippen LogP contribution in [0.4, 0.5) is 20.6 Å². The van der Waals surface area contributed by atoms with Gasteiger partial charge in [-0.05, 0) is 25.1 Å². The van der Waals surface area contributed by atoms with Crippen molar-refractivity contribution in [3.05, 3.63) is 24.0 Å². The molecule has 0 saturated carbocycles. The molecule has 0 aromatic heterocycles. The lowest BCUT2D eigenvalue weighted by Gasteiger charge is -2.29. The average molecular weight is 280 g/mol. The van der Waals surface area contributed by atoms with Crippen LogP contribution in [-0.4, -0.2) is 45.0 Å². The van der Waals surface area contributed by atoms with Crippen molar-refractivity contribution in [1.29, 1.82) is 0 Å². The standard InChI is InChI=1S/C14H17FN2O3/c1-10-9-17(14(18)20-10)11-2-3-13(12(15)8-11)16-4-6-19-7-5-16/h2-3,8,10H,4-7,9H2,1H3/t10-/m0/s1. The number of nitrogens with zero attached hydrogens (tertiary/aromatic N) is 2. The van der Waals surface area contributed by atoms with E-state index in [1.807, 2.05) is 11.8 Å². The topological polar surface area (TPSA) is 42.0 Å². The maximum absolute atomic E-state index is 14.3. The molecule has 0 radical (unpaired) electrons. The third-order valence-electron chi connectivity index (χ3n) is 3.56. The van der Waals surface area contributed by atoms with Gasteiger partial charge in [0, 0.05) is 13.1 Å². The van der Waals surface area contributed by atoms with Gasteiger partial charge in [-0.1, -0.05) is 0 Å². The van der Waals surface area contributed by atoms with Crippen LogP contribution in [0.1, 0.15) is 6.92 Å². The van der Waals surface area contributed by atoms with Gasteiger partial charge in [-0.2, -0.15) is 0 Å². The van der Waals surface area contributed by atoms with E-state index in [4.69, 9.17) is 9.47 Å². The Hall–Kier alpha value is -1.82. The number of amides is 1. The van der Waals surface area contributed by atoms with Crippen molar-refractivity contribution in [3.63, 3.8) is 0 Å². The fourth-order valence-electron chi connectivity index (χ4n) is 2.54. The average Bonchev–Trinajstić information content (AvgIpc) is 2.78. The van der Waals surface area contributed by atoms with Gasteiger partial charge < -0.3 is 14.4 Å². The van der Waals surface area contributed by atoms with E-state index in [1.54, 1.807) is 12.1 Å². The van der Waals surface area contributed by atoms with Gasteiger partial charge in [0.05, 0.1) is 31.1 Å². The molecular formula is C14H17FN2O3. The molecule has 2 aliphatic heterocycles. The molecule has 1 aromatic rings. The zero-order valence-corrected chi connectivity index (χ0v) is 11.3. The number of halogens is 1. The summed E-state index contributed by atoms with van der Waals surface area (Å²) in [6, 6.07) is 4.86. The summed E-state index contributed by atoms with van der Waals surface area (Å²) in [6.45, 7) is 4.85. The predicted molar refractivity (Wildman–Crippen MR) is 72.7 cm³/mol. The monoisotopic (exact) mass is 280 g/mol. The lowest BCUT2D eigenvalue weighted by atomic mass is 10.2. The first-order chi connectivity index (χ1) is 9.65. The maximum atomic E-state index is 14.3. The molecule has 6 heteroatoms. The highest BCUT2D eigenvalue weighted by Gasteiger charge is 2.30. The number of morpholine rings is 1. The van der Waals surface area contributed by atoms with E-state index >= 15 is 0 Å². The van der Waals surface area contributed by atoms with Crippen molar-refractivity contribution >= 4 is 17.5 Å². The Morgan fingerprint density at radius 2 is 2.05 bits per heavy atom. The summed E-state index contributed by atoms with van der Waals surface area (Å²) in [4.78, 5) is 15.0. The van der Waals surface area contributed by atoms with Crippen molar-refractivity contribution < 1.29 is 18.7 Å². The molecule has 1 atom stereocenters. The largest absolute Gasteiger partial charge is 0.444 e. The van der Waals surface area contributed by atoms with Crippen LogP contribution in [0.25, 0.3) is 0 Å². The van der Waals surface area contributed by atoms with Crippen LogP contribution < -0.4 is 9.80 Å². The Morgan fingerprint density at radius 3 is 2.65 bits per heavy atom. The van der Waals surface area contributed by atoms with Crippen LogP contribution in [0, 0.1) is 5.82 Å². The molecule has 20 heavy (non-hydrogen) atoms. The Kier molecular flexibility index (Phi) is 3.48. The van der Waals surface area contributed by atoms with Gasteiger partial charge in [-0.25, -0.2) is 9.18 Å². The Bertz CT molecular complexity index is 517. The van der Waals surface area contributed by atoms with E-state index < -0.39 is 6.09 Å². The number of hydrogen-bond acceptors (Lipinski definition) is 4. The minimum absolute atomic E-state index is 0.163. The first kappa shape index (κ1) is 13.2. The molecule has 2 aliphatic rings. The van der Waals surface area contributed by atoms with Gasteiger partial charge in [0.25, 0.3) is 0 Å². The number of hydrogen-bond donors (Lipinski definition) is 0. The van der Waals surface area contributed by atoms with E-state index in [0.717, 1.165) is 0 Å². The Balaban J connectivity index is 1.82. The summed E-state index contributed by atoms with van der Waals surface area (Å²) in [5.41, 5.74) is 1.09. The normalized spacial score (nSPS) is 23.1. The molecule has 2 heterocycles. The summed E-state index contributed by atoms with van der Waals surface area (Å²) in [6.07, 6.45) is -0.583. The molecule has 0 N–H and O–H groups in total. The summed E-state index contributed by atoms with van der Waals surface area (Å²) in [5, 5.41) is 0. The summed E-state index contributed by atoms with van der Waals surface area (Å²) in [7, 11) is 0. The highest BCUT2D eigenvalue weighted by molar-refractivity contribution is 5.90. The molecule has 108 valence electrons. The number of rotatable bonds is 2. The van der Waals surface area contributed by atoms with E-state index in [9.17, 15) is 9.18 Å². The van der Waals surface area contributed by atoms with Crippen molar-refractivity contribution in [2.24, 2.45) is 0 Å². The van der Waals surface area contributed by atoms with Crippen LogP contribution >= 0.6 is 0 Å². The van der Waals surface area contributed by atoms with Gasteiger partial charge in [-0.3, -0.25) is 4.90 Å². The van der Waals surface area contributed by atoms with Crippen molar-refractivity contribution in [3.8, 4) is 0 Å². The molecule has 1 aromatic carbocycles. The first-order valence-corrected chi connectivity index (χ1v) is 6.75. The number of ether oxygens (including phenoxy) is 2. The van der Waals surface area contributed by atoms with Gasteiger partial charge in [-0.15, -0.1) is 0 Å². The molecule has 0 unspecified atom stereocenters. The zero-order chi connectivity index (χ0) is 14.1. The lowest BCUT2D eigenvalue weighted by Crippen LogP contribution is -2.36. The summed E-state index contributed by atoms with van der Waals surface area (Å²) in [5.74, 6) is -0.322. The molecule has 3 rings (SSSR count). The third kappa shape index (κ3) is 2.43. The van der Waals surface area contributed by atoms with E-state index in [1.165, 1.54) is 11.0 Å². The molecule has 2 saturated heterocycles. The Morgan fingerprint density at radius 1 is 1.30 bits per heavy atom.